The van der Waals surface area contributed by atoms with Gasteiger partial charge in [-0.1, -0.05) is 6.08 Å². The minimum Gasteiger partial charge on any atom is -0.379 e. The number of carbonyl (C=O) groups excluding carboxylic acids is 2. The van der Waals surface area contributed by atoms with Crippen LogP contribution >= 0.6 is 0 Å². The molecular formula is C31H42F3N5O4. The summed E-state index contributed by atoms with van der Waals surface area (Å²) in [6.45, 7) is 5.28. The lowest BCUT2D eigenvalue weighted by molar-refractivity contribution is -0.144. The number of hydrogen-bond donors (Lipinski definition) is 1. The molecule has 5 heterocycles. The Hall–Kier alpha value is -2.54. The van der Waals surface area contributed by atoms with Gasteiger partial charge in [-0.15, -0.1) is 0 Å². The molecule has 5 aliphatic rings. The van der Waals surface area contributed by atoms with Gasteiger partial charge in [-0.2, -0.15) is 13.2 Å². The third-order valence-corrected chi connectivity index (χ3v) is 10.1. The molecule has 1 saturated carbocycles. The molecule has 12 heteroatoms. The normalized spacial score (nSPS) is 31.5. The van der Waals surface area contributed by atoms with Crippen LogP contribution in [0.2, 0.25) is 0 Å². The molecule has 1 aliphatic carbocycles. The highest BCUT2D eigenvalue weighted by Crippen LogP contribution is 2.51. The van der Waals surface area contributed by atoms with E-state index in [-0.39, 0.29) is 42.5 Å². The van der Waals surface area contributed by atoms with E-state index in [9.17, 15) is 22.8 Å². The zero-order valence-corrected chi connectivity index (χ0v) is 24.8. The summed E-state index contributed by atoms with van der Waals surface area (Å²) >= 11 is 0. The minimum absolute atomic E-state index is 0.0460. The summed E-state index contributed by atoms with van der Waals surface area (Å²) in [5, 5.41) is 3.75. The van der Waals surface area contributed by atoms with Crippen LogP contribution in [-0.4, -0.2) is 109 Å². The molecule has 0 aromatic carbocycles. The molecule has 3 unspecified atom stereocenters. The number of methoxy groups -OCH3 is 1. The molecule has 9 nitrogen and oxygen atoms in total. The van der Waals surface area contributed by atoms with Gasteiger partial charge < -0.3 is 24.6 Å². The number of likely N-dealkylation sites (tertiary alicyclic amines) is 2. The molecular weight excluding hydrogens is 563 g/mol. The Morgan fingerprint density at radius 3 is 2.81 bits per heavy atom. The molecule has 0 bridgehead atoms. The highest BCUT2D eigenvalue weighted by Gasteiger charge is 2.59. The van der Waals surface area contributed by atoms with Crippen molar-refractivity contribution in [2.24, 2.45) is 11.3 Å². The molecule has 6 rings (SSSR count). The molecule has 1 aromatic rings. The zero-order chi connectivity index (χ0) is 30.2. The summed E-state index contributed by atoms with van der Waals surface area (Å²) in [4.78, 5) is 37.6. The second kappa shape index (κ2) is 12.5. The first kappa shape index (κ1) is 30.5. The summed E-state index contributed by atoms with van der Waals surface area (Å²) in [6, 6.07) is 1.30. The molecule has 0 radical (unpaired) electrons. The minimum atomic E-state index is -4.50. The zero-order valence-electron chi connectivity index (χ0n) is 24.8. The predicted octanol–water partition coefficient (Wildman–Crippen LogP) is 2.64. The number of alkyl halides is 3. The first-order valence-corrected chi connectivity index (χ1v) is 15.5. The van der Waals surface area contributed by atoms with E-state index in [1.807, 2.05) is 6.08 Å². The van der Waals surface area contributed by atoms with Crippen LogP contribution in [0.3, 0.4) is 0 Å². The molecule has 2 amide bonds. The largest absolute Gasteiger partial charge is 0.417 e. The number of aromatic nitrogens is 1. The molecule has 0 spiro atoms. The molecule has 5 atom stereocenters. The van der Waals surface area contributed by atoms with Gasteiger partial charge in [0.25, 0.3) is 0 Å². The standard InChI is InChI=1S/C31H42F3N5O4/c1-42-27-19-43-12-7-26(27)36-24-14-23-18-39(28(40)5-4-10-37-8-2-3-9-37)20-30(23,15-24)29(41)38-11-6-25-21(17-38)13-22(16-35-25)31(32,33)34/h4-5,13,16,23-24,26-27,36H,2-3,6-12,14-15,17-20H2,1H3/b5-4+/t23-,24?,26?,27?,30-/m0/s1. The van der Waals surface area contributed by atoms with Gasteiger partial charge in [0.15, 0.2) is 0 Å². The van der Waals surface area contributed by atoms with Crippen LogP contribution in [0.15, 0.2) is 24.4 Å². The molecule has 4 aliphatic heterocycles. The Morgan fingerprint density at radius 1 is 1.23 bits per heavy atom. The lowest BCUT2D eigenvalue weighted by Crippen LogP contribution is -2.52. The third-order valence-electron chi connectivity index (χ3n) is 10.1. The average molecular weight is 606 g/mol. The number of fused-ring (bicyclic) bond motifs is 2. The van der Waals surface area contributed by atoms with E-state index in [4.69, 9.17) is 9.47 Å². The van der Waals surface area contributed by atoms with Crippen LogP contribution < -0.4 is 5.32 Å². The lowest BCUT2D eigenvalue weighted by Gasteiger charge is -2.37. The van der Waals surface area contributed by atoms with Crippen LogP contribution in [0.5, 0.6) is 0 Å². The fourth-order valence-corrected chi connectivity index (χ4v) is 7.88. The van der Waals surface area contributed by atoms with Crippen LogP contribution in [0, 0.1) is 11.3 Å². The average Bonchev–Trinajstić information content (AvgIpc) is 3.72. The fraction of sp³-hybridized carbons (Fsp3) is 0.710. The molecule has 43 heavy (non-hydrogen) atoms. The van der Waals surface area contributed by atoms with E-state index in [1.54, 1.807) is 23.0 Å². The number of hydrogen-bond acceptors (Lipinski definition) is 7. The topological polar surface area (TPSA) is 87.2 Å². The van der Waals surface area contributed by atoms with Gasteiger partial charge in [-0.25, -0.2) is 0 Å². The number of halogens is 3. The van der Waals surface area contributed by atoms with Crippen molar-refractivity contribution in [2.45, 2.75) is 69.4 Å². The van der Waals surface area contributed by atoms with Gasteiger partial charge in [0.1, 0.15) is 0 Å². The molecule has 1 aromatic heterocycles. The van der Waals surface area contributed by atoms with Crippen molar-refractivity contribution in [3.05, 3.63) is 41.2 Å². The van der Waals surface area contributed by atoms with Crippen molar-refractivity contribution in [3.63, 3.8) is 0 Å². The van der Waals surface area contributed by atoms with Gasteiger partial charge in [-0.05, 0) is 62.7 Å². The number of carbonyl (C=O) groups is 2. The Bertz CT molecular complexity index is 1220. The number of rotatable bonds is 7. The Kier molecular flexibility index (Phi) is 8.83. The van der Waals surface area contributed by atoms with Gasteiger partial charge in [-0.3, -0.25) is 19.5 Å². The van der Waals surface area contributed by atoms with Crippen LogP contribution in [-0.2, 0) is 38.2 Å². The summed E-state index contributed by atoms with van der Waals surface area (Å²) in [5.74, 6) is -0.205. The number of nitrogens with one attached hydrogen (secondary N) is 1. The fourth-order valence-electron chi connectivity index (χ4n) is 7.88. The molecule has 4 fully saturated rings. The maximum Gasteiger partial charge on any atom is 0.417 e. The highest BCUT2D eigenvalue weighted by molar-refractivity contribution is 5.90. The number of nitrogens with zero attached hydrogens (tertiary/aromatic N) is 4. The van der Waals surface area contributed by atoms with E-state index in [0.717, 1.165) is 44.7 Å². The highest BCUT2D eigenvalue weighted by atomic mass is 19.4. The van der Waals surface area contributed by atoms with Crippen LogP contribution in [0.1, 0.15) is 48.9 Å². The van der Waals surface area contributed by atoms with Crippen LogP contribution in [0.25, 0.3) is 0 Å². The number of ether oxygens (including phenoxy) is 2. The van der Waals surface area contributed by atoms with Gasteiger partial charge in [0.05, 0.1) is 23.7 Å². The van der Waals surface area contributed by atoms with E-state index >= 15 is 0 Å². The molecule has 236 valence electrons. The van der Waals surface area contributed by atoms with Crippen molar-refractivity contribution < 1.29 is 32.2 Å². The van der Waals surface area contributed by atoms with Gasteiger partial charge >= 0.3 is 6.18 Å². The second-order valence-electron chi connectivity index (χ2n) is 12.8. The maximum atomic E-state index is 14.5. The Labute approximate surface area is 250 Å². The number of pyridine rings is 1. The van der Waals surface area contributed by atoms with Gasteiger partial charge in [0.2, 0.25) is 11.8 Å². The van der Waals surface area contributed by atoms with E-state index in [2.05, 4.69) is 15.2 Å². The van der Waals surface area contributed by atoms with Crippen molar-refractivity contribution in [2.75, 3.05) is 59.6 Å². The third kappa shape index (κ3) is 6.34. The van der Waals surface area contributed by atoms with E-state index in [1.165, 1.54) is 12.8 Å². The molecule has 3 saturated heterocycles. The second-order valence-corrected chi connectivity index (χ2v) is 12.8. The Morgan fingerprint density at radius 2 is 2.05 bits per heavy atom. The summed E-state index contributed by atoms with van der Waals surface area (Å²) < 4.78 is 51.5. The van der Waals surface area contributed by atoms with Gasteiger partial charge in [0, 0.05) is 82.9 Å². The summed E-state index contributed by atoms with van der Waals surface area (Å²) in [5.41, 5.74) is -0.551. The monoisotopic (exact) mass is 605 g/mol. The Balaban J connectivity index is 1.20. The van der Waals surface area contributed by atoms with Crippen LogP contribution in [0.4, 0.5) is 13.2 Å². The van der Waals surface area contributed by atoms with E-state index in [0.29, 0.717) is 56.9 Å². The van der Waals surface area contributed by atoms with Crippen molar-refractivity contribution >= 4 is 11.8 Å². The lowest BCUT2D eigenvalue weighted by atomic mass is 9.78. The van der Waals surface area contributed by atoms with Crippen molar-refractivity contribution in [1.82, 2.24) is 25.0 Å². The van der Waals surface area contributed by atoms with E-state index < -0.39 is 17.2 Å². The quantitative estimate of drug-likeness (QED) is 0.479. The smallest absolute Gasteiger partial charge is 0.379 e. The first-order chi connectivity index (χ1) is 20.7. The maximum absolute atomic E-state index is 14.5. The van der Waals surface area contributed by atoms with Crippen molar-refractivity contribution in [1.29, 1.82) is 0 Å². The molecule has 1 N–H and O–H groups in total. The number of amides is 2. The summed E-state index contributed by atoms with van der Waals surface area (Å²) in [7, 11) is 1.68. The van der Waals surface area contributed by atoms with Crippen molar-refractivity contribution in [3.8, 4) is 0 Å². The predicted molar refractivity (Wildman–Crippen MR) is 152 cm³/mol. The SMILES string of the molecule is COC1COCCC1NC1C[C@H]2CN(C(=O)/C=C/CN3CCCC3)C[C@@]2(C(=O)N2CCc3ncc(C(F)(F)F)cc3C2)C1. The summed E-state index contributed by atoms with van der Waals surface area (Å²) in [6.07, 6.45) is 4.75. The first-order valence-electron chi connectivity index (χ1n) is 15.5.